The number of amides is 1. The number of fused-ring (bicyclic) bond motifs is 1. The Morgan fingerprint density at radius 1 is 1.16 bits per heavy atom. The molecule has 1 aromatic heterocycles. The fourth-order valence-corrected chi connectivity index (χ4v) is 4.06. The van der Waals surface area contributed by atoms with Gasteiger partial charge in [0.05, 0.1) is 24.1 Å². The summed E-state index contributed by atoms with van der Waals surface area (Å²) >= 11 is 1.65. The Labute approximate surface area is 186 Å². The van der Waals surface area contributed by atoms with Crippen LogP contribution in [0.4, 0.5) is 0 Å². The highest BCUT2D eigenvalue weighted by Crippen LogP contribution is 2.21. The molecule has 6 nitrogen and oxygen atoms in total. The monoisotopic (exact) mass is 435 g/mol. The number of carbonyl (C=O) groups excluding carboxylic acids is 1. The maximum atomic E-state index is 12.6. The van der Waals surface area contributed by atoms with Crippen LogP contribution in [0.25, 0.3) is 17.0 Å². The van der Waals surface area contributed by atoms with E-state index in [1.54, 1.807) is 11.8 Å². The van der Waals surface area contributed by atoms with Crippen LogP contribution in [0, 0.1) is 0 Å². The van der Waals surface area contributed by atoms with E-state index in [1.165, 1.54) is 6.33 Å². The van der Waals surface area contributed by atoms with Crippen LogP contribution < -0.4 is 4.74 Å². The van der Waals surface area contributed by atoms with Crippen molar-refractivity contribution >= 4 is 34.6 Å². The smallest absolute Gasteiger partial charge is 0.224 e. The first-order valence-corrected chi connectivity index (χ1v) is 11.4. The number of aromatic nitrogens is 2. The van der Waals surface area contributed by atoms with Crippen LogP contribution in [0.15, 0.2) is 66.3 Å². The van der Waals surface area contributed by atoms with Gasteiger partial charge in [0.1, 0.15) is 19.0 Å². The number of ether oxygens (including phenoxy) is 2. The normalized spacial score (nSPS) is 16.6. The van der Waals surface area contributed by atoms with E-state index in [0.29, 0.717) is 38.6 Å². The second kappa shape index (κ2) is 10.9. The van der Waals surface area contributed by atoms with Gasteiger partial charge in [-0.3, -0.25) is 4.79 Å². The maximum absolute atomic E-state index is 12.6. The average molecular weight is 436 g/mol. The number of hydrogen-bond acceptors (Lipinski definition) is 6. The van der Waals surface area contributed by atoms with Crippen molar-refractivity contribution in [3.63, 3.8) is 0 Å². The Bertz CT molecular complexity index is 1020. The molecule has 2 heterocycles. The highest BCUT2D eigenvalue weighted by molar-refractivity contribution is 8.02. The van der Waals surface area contributed by atoms with Crippen molar-refractivity contribution in [2.24, 2.45) is 0 Å². The second-order valence-electron chi connectivity index (χ2n) is 7.17. The lowest BCUT2D eigenvalue weighted by molar-refractivity contribution is -0.139. The van der Waals surface area contributed by atoms with Gasteiger partial charge in [0, 0.05) is 18.7 Å². The molecule has 1 aliphatic heterocycles. The molecule has 3 aromatic rings. The summed E-state index contributed by atoms with van der Waals surface area (Å²) in [6.45, 7) is 2.02. The molecule has 160 valence electrons. The Kier molecular flexibility index (Phi) is 7.52. The number of carbonyl (C=O) groups is 1. The van der Waals surface area contributed by atoms with Crippen molar-refractivity contribution in [3.05, 3.63) is 71.9 Å². The average Bonchev–Trinajstić information content (AvgIpc) is 2.83. The summed E-state index contributed by atoms with van der Waals surface area (Å²) in [6.07, 6.45) is 3.90. The predicted octanol–water partition coefficient (Wildman–Crippen LogP) is 4.03. The third-order valence-corrected chi connectivity index (χ3v) is 5.76. The number of morpholine rings is 1. The van der Waals surface area contributed by atoms with Crippen molar-refractivity contribution in [2.75, 3.05) is 32.1 Å². The van der Waals surface area contributed by atoms with Crippen LogP contribution in [-0.4, -0.2) is 58.9 Å². The van der Waals surface area contributed by atoms with Gasteiger partial charge in [0.25, 0.3) is 0 Å². The fourth-order valence-electron chi connectivity index (χ4n) is 3.38. The minimum Gasteiger partial charge on any atom is -0.474 e. The van der Waals surface area contributed by atoms with E-state index in [0.717, 1.165) is 22.2 Å². The van der Waals surface area contributed by atoms with E-state index in [-0.39, 0.29) is 12.0 Å². The van der Waals surface area contributed by atoms with Crippen LogP contribution in [0.3, 0.4) is 0 Å². The van der Waals surface area contributed by atoms with Gasteiger partial charge in [0.15, 0.2) is 0 Å². The van der Waals surface area contributed by atoms with Gasteiger partial charge in [0.2, 0.25) is 11.8 Å². The molecule has 0 bridgehead atoms. The molecule has 1 unspecified atom stereocenters. The summed E-state index contributed by atoms with van der Waals surface area (Å²) in [6, 6.07) is 17.9. The molecular weight excluding hydrogens is 410 g/mol. The van der Waals surface area contributed by atoms with E-state index in [4.69, 9.17) is 9.47 Å². The van der Waals surface area contributed by atoms with Crippen LogP contribution in [0.1, 0.15) is 12.0 Å². The summed E-state index contributed by atoms with van der Waals surface area (Å²) in [5, 5.41) is 2.92. The number of hydrogen-bond donors (Lipinski definition) is 0. The topological polar surface area (TPSA) is 64.6 Å². The molecule has 7 heteroatoms. The Balaban J connectivity index is 1.22. The molecule has 1 atom stereocenters. The minimum absolute atomic E-state index is 0.154. The minimum atomic E-state index is -0.169. The molecule has 0 aliphatic carbocycles. The molecule has 4 rings (SSSR count). The molecule has 31 heavy (non-hydrogen) atoms. The quantitative estimate of drug-likeness (QED) is 0.498. The summed E-state index contributed by atoms with van der Waals surface area (Å²) in [5.74, 6) is 1.45. The highest BCUT2D eigenvalue weighted by atomic mass is 32.2. The zero-order valence-electron chi connectivity index (χ0n) is 17.2. The first kappa shape index (κ1) is 21.3. The van der Waals surface area contributed by atoms with Gasteiger partial charge in [-0.05, 0) is 29.2 Å². The first-order valence-electron chi connectivity index (χ1n) is 10.3. The van der Waals surface area contributed by atoms with E-state index in [1.807, 2.05) is 52.8 Å². The van der Waals surface area contributed by atoms with Crippen LogP contribution >= 0.6 is 11.8 Å². The predicted molar refractivity (Wildman–Crippen MR) is 124 cm³/mol. The fraction of sp³-hybridized carbons (Fsp3) is 0.292. The van der Waals surface area contributed by atoms with E-state index in [2.05, 4.69) is 28.2 Å². The lowest BCUT2D eigenvalue weighted by Gasteiger charge is -2.32. The summed E-state index contributed by atoms with van der Waals surface area (Å²) in [5.41, 5.74) is 2.00. The zero-order chi connectivity index (χ0) is 21.3. The highest BCUT2D eigenvalue weighted by Gasteiger charge is 2.24. The number of nitrogens with zero attached hydrogens (tertiary/aromatic N) is 3. The molecule has 2 aromatic carbocycles. The molecular formula is C24H25N3O3S. The van der Waals surface area contributed by atoms with Gasteiger partial charge in [-0.2, -0.15) is 0 Å². The van der Waals surface area contributed by atoms with Crippen LogP contribution in [-0.2, 0) is 9.53 Å². The van der Waals surface area contributed by atoms with Gasteiger partial charge >= 0.3 is 0 Å². The second-order valence-corrected chi connectivity index (χ2v) is 8.19. The van der Waals surface area contributed by atoms with Crippen LogP contribution in [0.5, 0.6) is 5.88 Å². The van der Waals surface area contributed by atoms with E-state index < -0.39 is 0 Å². The SMILES string of the molecule is O=C(CCS/C=C\c1ccccc1)N1CCOC(COc2ncnc3ccccc23)C1. The van der Waals surface area contributed by atoms with E-state index in [9.17, 15) is 4.79 Å². The number of rotatable bonds is 8. The number of benzene rings is 2. The standard InChI is InChI=1S/C24H25N3O3S/c28-23(11-15-31-14-10-19-6-2-1-3-7-19)27-12-13-29-20(16-27)17-30-24-21-8-4-5-9-22(21)25-18-26-24/h1-10,14,18,20H,11-13,15-17H2/b14-10-. The zero-order valence-corrected chi connectivity index (χ0v) is 18.0. The number of thioether (sulfide) groups is 1. The van der Waals surface area contributed by atoms with Gasteiger partial charge in [-0.1, -0.05) is 42.5 Å². The van der Waals surface area contributed by atoms with Crippen LogP contribution in [0.2, 0.25) is 0 Å². The molecule has 0 radical (unpaired) electrons. The summed E-state index contributed by atoms with van der Waals surface area (Å²) in [7, 11) is 0. The first-order chi connectivity index (χ1) is 15.3. The molecule has 1 fully saturated rings. The van der Waals surface area contributed by atoms with Crippen molar-refractivity contribution in [1.82, 2.24) is 14.9 Å². The Morgan fingerprint density at radius 3 is 2.90 bits per heavy atom. The molecule has 1 saturated heterocycles. The summed E-state index contributed by atoms with van der Waals surface area (Å²) < 4.78 is 11.7. The van der Waals surface area contributed by atoms with Crippen molar-refractivity contribution in [3.8, 4) is 5.88 Å². The third kappa shape index (κ3) is 6.06. The Hall–Kier alpha value is -2.90. The van der Waals surface area contributed by atoms with Crippen molar-refractivity contribution < 1.29 is 14.3 Å². The lowest BCUT2D eigenvalue weighted by Crippen LogP contribution is -2.47. The lowest BCUT2D eigenvalue weighted by atomic mass is 10.2. The van der Waals surface area contributed by atoms with Gasteiger partial charge in [-0.25, -0.2) is 9.97 Å². The van der Waals surface area contributed by atoms with Crippen molar-refractivity contribution in [2.45, 2.75) is 12.5 Å². The van der Waals surface area contributed by atoms with Gasteiger partial charge < -0.3 is 14.4 Å². The largest absolute Gasteiger partial charge is 0.474 e. The summed E-state index contributed by atoms with van der Waals surface area (Å²) in [4.78, 5) is 23.0. The third-order valence-electron chi connectivity index (χ3n) is 4.99. The molecule has 0 spiro atoms. The molecule has 0 saturated carbocycles. The maximum Gasteiger partial charge on any atom is 0.224 e. The van der Waals surface area contributed by atoms with Gasteiger partial charge in [-0.15, -0.1) is 11.8 Å². The van der Waals surface area contributed by atoms with Crippen molar-refractivity contribution in [1.29, 1.82) is 0 Å². The molecule has 1 amide bonds. The van der Waals surface area contributed by atoms with E-state index >= 15 is 0 Å². The molecule has 0 N–H and O–H groups in total. The molecule has 1 aliphatic rings. The number of para-hydroxylation sites is 1. The Morgan fingerprint density at radius 2 is 2.00 bits per heavy atom.